The number of nitrogens with two attached hydrogens (primary N) is 1. The third kappa shape index (κ3) is 2.47. The van der Waals surface area contributed by atoms with Gasteiger partial charge in [0.05, 0.1) is 24.7 Å². The van der Waals surface area contributed by atoms with Gasteiger partial charge in [-0.3, -0.25) is 4.79 Å². The molecule has 1 aliphatic heterocycles. The van der Waals surface area contributed by atoms with Crippen LogP contribution >= 0.6 is 0 Å². The van der Waals surface area contributed by atoms with Crippen LogP contribution in [-0.4, -0.2) is 43.2 Å². The molecule has 1 saturated carbocycles. The smallest absolute Gasteiger partial charge is 0.230 e. The molecule has 1 amide bonds. The summed E-state index contributed by atoms with van der Waals surface area (Å²) >= 11 is 0. The summed E-state index contributed by atoms with van der Waals surface area (Å²) in [6.07, 6.45) is 5.45. The summed E-state index contributed by atoms with van der Waals surface area (Å²) in [6, 6.07) is 0.196. The molecule has 0 aromatic rings. The molecule has 0 aromatic heterocycles. The maximum absolute atomic E-state index is 12.7. The number of morpholine rings is 1. The Balaban J connectivity index is 2.10. The van der Waals surface area contributed by atoms with Crippen molar-refractivity contribution in [3.05, 3.63) is 0 Å². The molecule has 17 heavy (non-hydrogen) atoms. The highest BCUT2D eigenvalue weighted by Crippen LogP contribution is 2.37. The second-order valence-corrected chi connectivity index (χ2v) is 5.47. The largest absolute Gasteiger partial charge is 0.377 e. The summed E-state index contributed by atoms with van der Waals surface area (Å²) < 4.78 is 5.39. The molecule has 0 aromatic carbocycles. The lowest BCUT2D eigenvalue weighted by atomic mass is 9.73. The van der Waals surface area contributed by atoms with Crippen LogP contribution in [0.25, 0.3) is 0 Å². The molecule has 2 N–H and O–H groups in total. The monoisotopic (exact) mass is 240 g/mol. The van der Waals surface area contributed by atoms with Gasteiger partial charge in [-0.05, 0) is 19.8 Å². The van der Waals surface area contributed by atoms with Gasteiger partial charge in [0, 0.05) is 13.1 Å². The van der Waals surface area contributed by atoms with Gasteiger partial charge in [-0.1, -0.05) is 19.3 Å². The van der Waals surface area contributed by atoms with Crippen molar-refractivity contribution < 1.29 is 9.53 Å². The summed E-state index contributed by atoms with van der Waals surface area (Å²) in [4.78, 5) is 14.7. The van der Waals surface area contributed by atoms with Gasteiger partial charge in [-0.2, -0.15) is 0 Å². The molecule has 0 spiro atoms. The lowest BCUT2D eigenvalue weighted by Gasteiger charge is -2.42. The summed E-state index contributed by atoms with van der Waals surface area (Å²) in [5, 5.41) is 0. The first-order valence-corrected chi connectivity index (χ1v) is 6.78. The first-order chi connectivity index (χ1) is 8.19. The summed E-state index contributed by atoms with van der Waals surface area (Å²) in [5.41, 5.74) is 5.64. The number of hydrogen-bond donors (Lipinski definition) is 1. The van der Waals surface area contributed by atoms with Crippen molar-refractivity contribution in [2.24, 2.45) is 11.1 Å². The average Bonchev–Trinajstić information content (AvgIpc) is 2.39. The predicted octanol–water partition coefficient (Wildman–Crippen LogP) is 1.14. The topological polar surface area (TPSA) is 55.6 Å². The minimum atomic E-state index is -0.274. The van der Waals surface area contributed by atoms with E-state index in [9.17, 15) is 4.79 Å². The standard InChI is InChI=1S/C13H24N2O2/c1-11-9-17-8-7-15(11)12(16)13(10-14)5-3-2-4-6-13/h11H,2-10,14H2,1H3. The minimum Gasteiger partial charge on any atom is -0.377 e. The van der Waals surface area contributed by atoms with Crippen LogP contribution in [0.15, 0.2) is 0 Å². The Morgan fingerprint density at radius 1 is 1.41 bits per heavy atom. The van der Waals surface area contributed by atoms with Gasteiger partial charge in [-0.15, -0.1) is 0 Å². The molecule has 98 valence electrons. The molecule has 2 fully saturated rings. The quantitative estimate of drug-likeness (QED) is 0.787. The van der Waals surface area contributed by atoms with Crippen molar-refractivity contribution in [3.8, 4) is 0 Å². The van der Waals surface area contributed by atoms with Crippen molar-refractivity contribution >= 4 is 5.91 Å². The fourth-order valence-corrected chi connectivity index (χ4v) is 3.07. The van der Waals surface area contributed by atoms with Gasteiger partial charge in [0.15, 0.2) is 0 Å². The second-order valence-electron chi connectivity index (χ2n) is 5.47. The molecule has 1 saturated heterocycles. The zero-order chi connectivity index (χ0) is 12.3. The van der Waals surface area contributed by atoms with E-state index in [1.165, 1.54) is 6.42 Å². The van der Waals surface area contributed by atoms with E-state index in [0.29, 0.717) is 19.8 Å². The van der Waals surface area contributed by atoms with Crippen molar-refractivity contribution in [1.82, 2.24) is 4.90 Å². The Morgan fingerprint density at radius 3 is 2.71 bits per heavy atom. The van der Waals surface area contributed by atoms with E-state index in [-0.39, 0.29) is 17.4 Å². The van der Waals surface area contributed by atoms with Gasteiger partial charge >= 0.3 is 0 Å². The number of carbonyl (C=O) groups excluding carboxylic acids is 1. The van der Waals surface area contributed by atoms with Crippen molar-refractivity contribution in [2.75, 3.05) is 26.3 Å². The van der Waals surface area contributed by atoms with E-state index in [1.807, 2.05) is 4.90 Å². The van der Waals surface area contributed by atoms with Gasteiger partial charge in [0.25, 0.3) is 0 Å². The molecule has 1 atom stereocenters. The Morgan fingerprint density at radius 2 is 2.12 bits per heavy atom. The fraction of sp³-hybridized carbons (Fsp3) is 0.923. The maximum atomic E-state index is 12.7. The third-order valence-corrected chi connectivity index (χ3v) is 4.28. The van der Waals surface area contributed by atoms with Crippen LogP contribution in [0.5, 0.6) is 0 Å². The molecular weight excluding hydrogens is 216 g/mol. The average molecular weight is 240 g/mol. The van der Waals surface area contributed by atoms with Crippen LogP contribution in [-0.2, 0) is 9.53 Å². The molecule has 1 unspecified atom stereocenters. The Kier molecular flexibility index (Phi) is 4.05. The molecule has 1 heterocycles. The highest BCUT2D eigenvalue weighted by atomic mass is 16.5. The molecule has 0 bridgehead atoms. The van der Waals surface area contributed by atoms with E-state index in [2.05, 4.69) is 6.92 Å². The molecule has 4 heteroatoms. The lowest BCUT2D eigenvalue weighted by molar-refractivity contribution is -0.151. The maximum Gasteiger partial charge on any atom is 0.230 e. The third-order valence-electron chi connectivity index (χ3n) is 4.28. The van der Waals surface area contributed by atoms with Gasteiger partial charge in [-0.25, -0.2) is 0 Å². The zero-order valence-corrected chi connectivity index (χ0v) is 10.8. The van der Waals surface area contributed by atoms with Gasteiger partial charge in [0.2, 0.25) is 5.91 Å². The van der Waals surface area contributed by atoms with E-state index in [0.717, 1.165) is 32.2 Å². The molecule has 2 aliphatic rings. The van der Waals surface area contributed by atoms with Crippen LogP contribution in [0, 0.1) is 5.41 Å². The Labute approximate surface area is 103 Å². The van der Waals surface area contributed by atoms with Crippen LogP contribution in [0.2, 0.25) is 0 Å². The van der Waals surface area contributed by atoms with E-state index in [1.54, 1.807) is 0 Å². The van der Waals surface area contributed by atoms with E-state index in [4.69, 9.17) is 10.5 Å². The highest BCUT2D eigenvalue weighted by molar-refractivity contribution is 5.83. The van der Waals surface area contributed by atoms with Crippen LogP contribution in [0.1, 0.15) is 39.0 Å². The minimum absolute atomic E-state index is 0.196. The molecule has 1 aliphatic carbocycles. The number of rotatable bonds is 2. The Hall–Kier alpha value is -0.610. The van der Waals surface area contributed by atoms with E-state index >= 15 is 0 Å². The first kappa shape index (κ1) is 12.8. The number of nitrogens with zero attached hydrogens (tertiary/aromatic N) is 1. The summed E-state index contributed by atoms with van der Waals surface area (Å²) in [7, 11) is 0. The van der Waals surface area contributed by atoms with Gasteiger partial charge in [0.1, 0.15) is 0 Å². The number of carbonyl (C=O) groups is 1. The number of hydrogen-bond acceptors (Lipinski definition) is 3. The molecule has 0 radical (unpaired) electrons. The summed E-state index contributed by atoms with van der Waals surface area (Å²) in [6.45, 7) is 4.60. The lowest BCUT2D eigenvalue weighted by Crippen LogP contribution is -2.55. The number of amides is 1. The fourth-order valence-electron chi connectivity index (χ4n) is 3.07. The van der Waals surface area contributed by atoms with Crippen molar-refractivity contribution in [1.29, 1.82) is 0 Å². The highest BCUT2D eigenvalue weighted by Gasteiger charge is 2.42. The normalized spacial score (nSPS) is 29.1. The first-order valence-electron chi connectivity index (χ1n) is 6.78. The predicted molar refractivity (Wildman–Crippen MR) is 66.6 cm³/mol. The van der Waals surface area contributed by atoms with Crippen LogP contribution in [0.3, 0.4) is 0 Å². The van der Waals surface area contributed by atoms with Crippen molar-refractivity contribution in [3.63, 3.8) is 0 Å². The Bertz CT molecular complexity index is 275. The summed E-state index contributed by atoms with van der Waals surface area (Å²) in [5.74, 6) is 0.274. The zero-order valence-electron chi connectivity index (χ0n) is 10.8. The SMILES string of the molecule is CC1COCCN1C(=O)C1(CN)CCCCC1. The molecule has 4 nitrogen and oxygen atoms in total. The molecule has 2 rings (SSSR count). The number of ether oxygens (including phenoxy) is 1. The van der Waals surface area contributed by atoms with Crippen molar-refractivity contribution in [2.45, 2.75) is 45.1 Å². The second kappa shape index (κ2) is 5.36. The van der Waals surface area contributed by atoms with Gasteiger partial charge < -0.3 is 15.4 Å². The van der Waals surface area contributed by atoms with Crippen LogP contribution in [0.4, 0.5) is 0 Å². The van der Waals surface area contributed by atoms with Crippen LogP contribution < -0.4 is 5.73 Å². The molecular formula is C13H24N2O2. The van der Waals surface area contributed by atoms with E-state index < -0.39 is 0 Å².